The van der Waals surface area contributed by atoms with Gasteiger partial charge in [-0.1, -0.05) is 0 Å². The standard InChI is InChI=1S/C9H16O8/c10-1-3(12)5(13)9-8(16)7(15)6(14)4(2-11)17-9/h3-4,6-12,14-16H,1-2H2/t3?,4-,6-,7+,8-,9?/m1/s1. The van der Waals surface area contributed by atoms with Gasteiger partial charge in [0.2, 0.25) is 0 Å². The summed E-state index contributed by atoms with van der Waals surface area (Å²) in [5.41, 5.74) is 0. The first-order valence-corrected chi connectivity index (χ1v) is 5.07. The van der Waals surface area contributed by atoms with E-state index < -0.39 is 55.6 Å². The second-order valence-corrected chi connectivity index (χ2v) is 3.85. The molecule has 8 heteroatoms. The summed E-state index contributed by atoms with van der Waals surface area (Å²) in [6.07, 6.45) is -9.55. The van der Waals surface area contributed by atoms with Crippen molar-refractivity contribution in [2.75, 3.05) is 13.2 Å². The molecule has 6 N–H and O–H groups in total. The minimum Gasteiger partial charge on any atom is -0.394 e. The normalized spacial score (nSPS) is 40.0. The molecule has 0 saturated carbocycles. The van der Waals surface area contributed by atoms with Crippen LogP contribution in [0.25, 0.3) is 0 Å². The molecule has 100 valence electrons. The second-order valence-electron chi connectivity index (χ2n) is 3.85. The molecule has 1 heterocycles. The van der Waals surface area contributed by atoms with Crippen molar-refractivity contribution in [3.63, 3.8) is 0 Å². The molecule has 6 atom stereocenters. The van der Waals surface area contributed by atoms with E-state index in [1.165, 1.54) is 0 Å². The number of Topliss-reactive ketones (excluding diaryl/α,β-unsaturated/α-hetero) is 1. The van der Waals surface area contributed by atoms with Crippen molar-refractivity contribution >= 4 is 5.78 Å². The molecule has 0 spiro atoms. The highest BCUT2D eigenvalue weighted by molar-refractivity contribution is 5.88. The summed E-state index contributed by atoms with van der Waals surface area (Å²) >= 11 is 0. The van der Waals surface area contributed by atoms with Gasteiger partial charge in [-0.3, -0.25) is 4.79 Å². The summed E-state index contributed by atoms with van der Waals surface area (Å²) in [5.74, 6) is -1.02. The average Bonchev–Trinajstić information content (AvgIpc) is 2.34. The summed E-state index contributed by atoms with van der Waals surface area (Å²) in [6.45, 7) is -1.52. The Kier molecular flexibility index (Phi) is 4.95. The molecule has 1 fully saturated rings. The van der Waals surface area contributed by atoms with Gasteiger partial charge in [-0.15, -0.1) is 0 Å². The Hall–Kier alpha value is -0.610. The number of rotatable bonds is 4. The number of carbonyl (C=O) groups is 1. The van der Waals surface area contributed by atoms with Gasteiger partial charge in [-0.2, -0.15) is 0 Å². The molecule has 0 aromatic carbocycles. The zero-order valence-corrected chi connectivity index (χ0v) is 8.88. The Balaban J connectivity index is 2.82. The maximum absolute atomic E-state index is 11.5. The van der Waals surface area contributed by atoms with E-state index in [0.717, 1.165) is 0 Å². The zero-order valence-electron chi connectivity index (χ0n) is 8.88. The van der Waals surface area contributed by atoms with Crippen LogP contribution in [-0.4, -0.2) is 86.3 Å². The number of aliphatic hydroxyl groups is 6. The first kappa shape index (κ1) is 14.5. The van der Waals surface area contributed by atoms with Crippen molar-refractivity contribution in [1.82, 2.24) is 0 Å². The van der Waals surface area contributed by atoms with E-state index in [0.29, 0.717) is 0 Å². The van der Waals surface area contributed by atoms with Crippen LogP contribution in [0.2, 0.25) is 0 Å². The number of aliphatic hydroxyl groups excluding tert-OH is 6. The van der Waals surface area contributed by atoms with Crippen molar-refractivity contribution in [3.8, 4) is 0 Å². The van der Waals surface area contributed by atoms with Gasteiger partial charge < -0.3 is 35.4 Å². The van der Waals surface area contributed by atoms with Crippen LogP contribution in [0, 0.1) is 0 Å². The summed E-state index contributed by atoms with van der Waals surface area (Å²) in [7, 11) is 0. The molecule has 0 aromatic heterocycles. The highest BCUT2D eigenvalue weighted by Gasteiger charge is 2.47. The smallest absolute Gasteiger partial charge is 0.195 e. The molecule has 0 radical (unpaired) electrons. The third-order valence-corrected chi connectivity index (χ3v) is 2.67. The Morgan fingerprint density at radius 1 is 1.12 bits per heavy atom. The first-order valence-electron chi connectivity index (χ1n) is 5.07. The Morgan fingerprint density at radius 3 is 2.18 bits per heavy atom. The van der Waals surface area contributed by atoms with E-state index in [1.54, 1.807) is 0 Å². The highest BCUT2D eigenvalue weighted by Crippen LogP contribution is 2.22. The van der Waals surface area contributed by atoms with Gasteiger partial charge in [0, 0.05) is 0 Å². The fourth-order valence-electron chi connectivity index (χ4n) is 1.62. The average molecular weight is 252 g/mol. The van der Waals surface area contributed by atoms with E-state index >= 15 is 0 Å². The highest BCUT2D eigenvalue weighted by atomic mass is 16.5. The van der Waals surface area contributed by atoms with Gasteiger partial charge in [-0.05, 0) is 0 Å². The molecule has 1 rings (SSSR count). The molecule has 1 aliphatic rings. The van der Waals surface area contributed by atoms with Gasteiger partial charge >= 0.3 is 0 Å². The Morgan fingerprint density at radius 2 is 1.71 bits per heavy atom. The minimum absolute atomic E-state index is 0.663. The van der Waals surface area contributed by atoms with E-state index in [2.05, 4.69) is 0 Å². The van der Waals surface area contributed by atoms with Crippen LogP contribution >= 0.6 is 0 Å². The van der Waals surface area contributed by atoms with Crippen LogP contribution < -0.4 is 0 Å². The third-order valence-electron chi connectivity index (χ3n) is 2.67. The summed E-state index contributed by atoms with van der Waals surface area (Å²) < 4.78 is 4.88. The largest absolute Gasteiger partial charge is 0.394 e. The molecule has 0 aromatic rings. The lowest BCUT2D eigenvalue weighted by atomic mass is 9.91. The number of ether oxygens (including phenoxy) is 1. The number of ketones is 1. The maximum atomic E-state index is 11.5. The van der Waals surface area contributed by atoms with Gasteiger partial charge in [0.1, 0.15) is 36.6 Å². The van der Waals surface area contributed by atoms with Crippen molar-refractivity contribution in [2.45, 2.75) is 36.6 Å². The molecule has 1 saturated heterocycles. The van der Waals surface area contributed by atoms with Gasteiger partial charge in [0.05, 0.1) is 13.2 Å². The minimum atomic E-state index is -1.75. The quantitative estimate of drug-likeness (QED) is 0.295. The van der Waals surface area contributed by atoms with Gasteiger partial charge in [0.15, 0.2) is 5.78 Å². The van der Waals surface area contributed by atoms with Gasteiger partial charge in [-0.25, -0.2) is 0 Å². The van der Waals surface area contributed by atoms with Crippen LogP contribution in [-0.2, 0) is 9.53 Å². The zero-order chi connectivity index (χ0) is 13.2. The first-order chi connectivity index (χ1) is 7.93. The topological polar surface area (TPSA) is 148 Å². The van der Waals surface area contributed by atoms with Crippen LogP contribution in [0.4, 0.5) is 0 Å². The summed E-state index contributed by atoms with van der Waals surface area (Å²) in [6, 6.07) is 0. The lowest BCUT2D eigenvalue weighted by Crippen LogP contribution is -2.62. The van der Waals surface area contributed by atoms with E-state index in [-0.39, 0.29) is 0 Å². The molecule has 8 nitrogen and oxygen atoms in total. The van der Waals surface area contributed by atoms with Gasteiger partial charge in [0.25, 0.3) is 0 Å². The third kappa shape index (κ3) is 2.80. The maximum Gasteiger partial charge on any atom is 0.195 e. The Labute approximate surface area is 96.7 Å². The van der Waals surface area contributed by atoms with E-state index in [9.17, 15) is 20.1 Å². The number of hydrogen-bond acceptors (Lipinski definition) is 8. The molecule has 0 bridgehead atoms. The van der Waals surface area contributed by atoms with Crippen molar-refractivity contribution in [3.05, 3.63) is 0 Å². The van der Waals surface area contributed by atoms with Crippen LogP contribution in [0.5, 0.6) is 0 Å². The van der Waals surface area contributed by atoms with E-state index in [4.69, 9.17) is 20.1 Å². The molecule has 2 unspecified atom stereocenters. The van der Waals surface area contributed by atoms with Crippen molar-refractivity contribution < 1.29 is 40.2 Å². The van der Waals surface area contributed by atoms with Crippen molar-refractivity contribution in [1.29, 1.82) is 0 Å². The molecular weight excluding hydrogens is 236 g/mol. The van der Waals surface area contributed by atoms with Crippen LogP contribution in [0.15, 0.2) is 0 Å². The van der Waals surface area contributed by atoms with E-state index in [1.807, 2.05) is 0 Å². The fraction of sp³-hybridized carbons (Fsp3) is 0.889. The lowest BCUT2D eigenvalue weighted by Gasteiger charge is -2.39. The lowest BCUT2D eigenvalue weighted by molar-refractivity contribution is -0.228. The van der Waals surface area contributed by atoms with Crippen LogP contribution in [0.3, 0.4) is 0 Å². The predicted octanol–water partition coefficient (Wildman–Crippen LogP) is -4.25. The molecule has 0 amide bonds. The molecule has 0 aliphatic carbocycles. The Bertz CT molecular complexity index is 268. The fourth-order valence-corrected chi connectivity index (χ4v) is 1.62. The molecule has 17 heavy (non-hydrogen) atoms. The van der Waals surface area contributed by atoms with Crippen LogP contribution in [0.1, 0.15) is 0 Å². The number of carbonyl (C=O) groups excluding carboxylic acids is 1. The number of hydrogen-bond donors (Lipinski definition) is 6. The van der Waals surface area contributed by atoms with Crippen molar-refractivity contribution in [2.24, 2.45) is 0 Å². The predicted molar refractivity (Wildman–Crippen MR) is 51.9 cm³/mol. The second kappa shape index (κ2) is 5.83. The monoisotopic (exact) mass is 252 g/mol. The molecule has 1 aliphatic heterocycles. The summed E-state index contributed by atoms with van der Waals surface area (Å²) in [4.78, 5) is 11.5. The molecular formula is C9H16O8. The SMILES string of the molecule is O=C(C(O)CO)C1O[C@H](CO)[C@@H](O)[C@H](O)[C@H]1O. The summed E-state index contributed by atoms with van der Waals surface area (Å²) in [5, 5.41) is 54.9.